The van der Waals surface area contributed by atoms with Crippen molar-refractivity contribution in [3.63, 3.8) is 0 Å². The van der Waals surface area contributed by atoms with Gasteiger partial charge in [-0.3, -0.25) is 9.59 Å². The van der Waals surface area contributed by atoms with Gasteiger partial charge in [0.1, 0.15) is 6.54 Å². The summed E-state index contributed by atoms with van der Waals surface area (Å²) in [4.78, 5) is 23.3. The van der Waals surface area contributed by atoms with Crippen molar-refractivity contribution in [1.29, 1.82) is 5.26 Å². The molecule has 1 rings (SSSR count). The van der Waals surface area contributed by atoms with Crippen LogP contribution in [-0.4, -0.2) is 57.1 Å². The van der Waals surface area contributed by atoms with Gasteiger partial charge in [-0.05, 0) is 31.4 Å². The fourth-order valence-corrected chi connectivity index (χ4v) is 2.06. The van der Waals surface area contributed by atoms with E-state index >= 15 is 0 Å². The third-order valence-electron chi connectivity index (χ3n) is 3.57. The van der Waals surface area contributed by atoms with Gasteiger partial charge in [0.25, 0.3) is 0 Å². The summed E-state index contributed by atoms with van der Waals surface area (Å²) >= 11 is 0. The van der Waals surface area contributed by atoms with Crippen molar-refractivity contribution in [1.82, 2.24) is 15.5 Å². The van der Waals surface area contributed by atoms with Crippen molar-refractivity contribution in [2.24, 2.45) is 5.92 Å². The predicted octanol–water partition coefficient (Wildman–Crippen LogP) is 3.10. The lowest BCUT2D eigenvalue weighted by Gasteiger charge is -2.20. The van der Waals surface area contributed by atoms with Gasteiger partial charge in [0.15, 0.2) is 0 Å². The summed E-state index contributed by atoms with van der Waals surface area (Å²) in [6, 6.07) is 1.68. The topological polar surface area (TPSA) is 94.5 Å². The van der Waals surface area contributed by atoms with Crippen LogP contribution in [-0.2, 0) is 14.3 Å². The maximum Gasteiger partial charge on any atom is 0.237 e. The van der Waals surface area contributed by atoms with E-state index in [-0.39, 0.29) is 24.8 Å². The Morgan fingerprint density at radius 3 is 2.30 bits per heavy atom. The first-order valence-corrected chi connectivity index (χ1v) is 9.49. The Bertz CT molecular complexity index is 557. The number of carbonyl (C=O) groups excluding carboxylic acids is 2. The van der Waals surface area contributed by atoms with E-state index in [1.807, 2.05) is 18.2 Å². The van der Waals surface area contributed by atoms with Gasteiger partial charge in [0.2, 0.25) is 12.3 Å². The van der Waals surface area contributed by atoms with Gasteiger partial charge in [-0.25, -0.2) is 4.39 Å². The van der Waals surface area contributed by atoms with Crippen LogP contribution in [0.15, 0.2) is 50.1 Å². The minimum Gasteiger partial charge on any atom is -0.505 e. The Labute approximate surface area is 181 Å². The molecule has 1 atom stereocenters. The number of rotatable bonds is 8. The number of hydrogen-bond donors (Lipinski definition) is 2. The van der Waals surface area contributed by atoms with Gasteiger partial charge in [-0.15, -0.1) is 0 Å². The van der Waals surface area contributed by atoms with Crippen molar-refractivity contribution in [3.05, 3.63) is 50.1 Å². The molecule has 30 heavy (non-hydrogen) atoms. The Hall–Kier alpha value is -2.92. The van der Waals surface area contributed by atoms with Gasteiger partial charge in [-0.2, -0.15) is 5.26 Å². The average Bonchev–Trinajstić information content (AvgIpc) is 2.76. The zero-order valence-corrected chi connectivity index (χ0v) is 18.7. The molecule has 8 heteroatoms. The van der Waals surface area contributed by atoms with Gasteiger partial charge in [0, 0.05) is 13.1 Å². The molecule has 2 amide bonds. The van der Waals surface area contributed by atoms with Crippen molar-refractivity contribution in [3.8, 4) is 6.07 Å². The van der Waals surface area contributed by atoms with Crippen molar-refractivity contribution in [2.75, 3.05) is 33.8 Å². The van der Waals surface area contributed by atoms with Crippen LogP contribution in [0.1, 0.15) is 26.7 Å². The fourth-order valence-electron chi connectivity index (χ4n) is 2.06. The molecule has 0 saturated heterocycles. The lowest BCUT2D eigenvalue weighted by molar-refractivity contribution is -0.123. The van der Waals surface area contributed by atoms with Crippen molar-refractivity contribution >= 4 is 12.3 Å². The highest BCUT2D eigenvalue weighted by atomic mass is 19.1. The van der Waals surface area contributed by atoms with Gasteiger partial charge in [0.05, 0.1) is 31.8 Å². The number of allylic oxidation sites excluding steroid dienone is 1. The quantitative estimate of drug-likeness (QED) is 0.355. The summed E-state index contributed by atoms with van der Waals surface area (Å²) < 4.78 is 14.4. The van der Waals surface area contributed by atoms with E-state index < -0.39 is 0 Å². The lowest BCUT2D eigenvalue weighted by Crippen LogP contribution is -2.43. The molecule has 0 saturated carbocycles. The molecule has 0 aromatic heterocycles. The van der Waals surface area contributed by atoms with E-state index in [4.69, 9.17) is 5.26 Å². The van der Waals surface area contributed by atoms with Crippen molar-refractivity contribution < 1.29 is 18.7 Å². The van der Waals surface area contributed by atoms with Crippen molar-refractivity contribution in [2.45, 2.75) is 32.7 Å². The van der Waals surface area contributed by atoms with E-state index in [0.717, 1.165) is 32.3 Å². The minimum absolute atomic E-state index is 0.0785. The second-order valence-corrected chi connectivity index (χ2v) is 6.24. The van der Waals surface area contributed by atoms with Gasteiger partial charge < -0.3 is 20.3 Å². The average molecular weight is 425 g/mol. The molecule has 1 unspecified atom stereocenters. The van der Waals surface area contributed by atoms with Crippen LogP contribution in [0.4, 0.5) is 4.39 Å². The molecule has 0 aromatic carbocycles. The summed E-state index contributed by atoms with van der Waals surface area (Å²) in [5.74, 6) is 0.364. The van der Waals surface area contributed by atoms with E-state index in [1.165, 1.54) is 11.8 Å². The molecule has 0 spiro atoms. The lowest BCUT2D eigenvalue weighted by atomic mass is 10.0. The van der Waals surface area contributed by atoms with Crippen LogP contribution in [0.3, 0.4) is 0 Å². The third kappa shape index (κ3) is 21.4. The molecule has 1 heterocycles. The van der Waals surface area contributed by atoms with E-state index in [2.05, 4.69) is 49.0 Å². The van der Waals surface area contributed by atoms with Crippen LogP contribution in [0.5, 0.6) is 0 Å². The van der Waals surface area contributed by atoms with Crippen LogP contribution < -0.4 is 10.6 Å². The first kappa shape index (κ1) is 31.8. The summed E-state index contributed by atoms with van der Waals surface area (Å²) in [5, 5.41) is 13.7. The maximum atomic E-state index is 11.3. The first-order chi connectivity index (χ1) is 14.3. The molecule has 170 valence electrons. The Morgan fingerprint density at radius 1 is 1.43 bits per heavy atom. The summed E-state index contributed by atoms with van der Waals surface area (Å²) in [6.45, 7) is 15.4. The number of likely N-dealkylation sites (N-methyl/N-ethyl adjacent to an activating group) is 1. The van der Waals surface area contributed by atoms with Crippen LogP contribution in [0, 0.1) is 17.2 Å². The molecule has 0 aromatic rings. The molecular weight excluding hydrogens is 387 g/mol. The molecule has 1 aliphatic heterocycles. The smallest absolute Gasteiger partial charge is 0.237 e. The number of methoxy groups -OCH3 is 1. The minimum atomic E-state index is -0.187. The number of ether oxygens (including phenoxy) is 1. The van der Waals surface area contributed by atoms with E-state index in [9.17, 15) is 14.0 Å². The summed E-state index contributed by atoms with van der Waals surface area (Å²) in [7, 11) is 3.31. The highest BCUT2D eigenvalue weighted by molar-refractivity contribution is 5.81. The molecule has 1 aliphatic rings. The number of nitriles is 1. The summed E-state index contributed by atoms with van der Waals surface area (Å²) in [5.41, 5.74) is 1.25. The molecule has 0 aliphatic carbocycles. The highest BCUT2D eigenvalue weighted by Gasteiger charge is 2.16. The maximum absolute atomic E-state index is 11.3. The highest BCUT2D eigenvalue weighted by Crippen LogP contribution is 2.08. The van der Waals surface area contributed by atoms with E-state index in [0.29, 0.717) is 5.92 Å². The number of hydrogen-bond acceptors (Lipinski definition) is 5. The van der Waals surface area contributed by atoms with Gasteiger partial charge in [-0.1, -0.05) is 45.7 Å². The summed E-state index contributed by atoms with van der Waals surface area (Å²) in [6.07, 6.45) is 8.12. The molecule has 7 nitrogen and oxygen atoms in total. The Balaban J connectivity index is -0.000000377. The Morgan fingerprint density at radius 2 is 2.00 bits per heavy atom. The molecular formula is C22H37FN4O3. The molecule has 2 N–H and O–H groups in total. The SMILES string of the molecule is C=CC1=CCN(C=O)CC1.C=CF.C=COC.CNC(CC(C)C)C(=O)NCC#N. The molecule has 0 radical (unpaired) electrons. The zero-order chi connectivity index (χ0) is 23.8. The number of halogens is 1. The second-order valence-electron chi connectivity index (χ2n) is 6.24. The predicted molar refractivity (Wildman–Crippen MR) is 120 cm³/mol. The monoisotopic (exact) mass is 424 g/mol. The fraction of sp³-hybridized carbons (Fsp3) is 0.500. The number of nitrogens with zero attached hydrogens (tertiary/aromatic N) is 2. The second kappa shape index (κ2) is 24.1. The number of amides is 2. The molecule has 0 bridgehead atoms. The normalized spacial score (nSPS) is 12.4. The number of carbonyl (C=O) groups is 2. The largest absolute Gasteiger partial charge is 0.505 e. The van der Waals surface area contributed by atoms with Crippen LogP contribution in [0.25, 0.3) is 0 Å². The molecule has 0 fully saturated rings. The van der Waals surface area contributed by atoms with Crippen LogP contribution >= 0.6 is 0 Å². The first-order valence-electron chi connectivity index (χ1n) is 9.49. The van der Waals surface area contributed by atoms with Crippen LogP contribution in [0.2, 0.25) is 0 Å². The standard InChI is InChI=1S/C9H17N3O.C8H11NO.C3H6O.C2H3F/c1-7(2)6-8(11-3)9(13)12-5-4-10;1-2-8-3-5-9(7-10)6-4-8;1-3-4-2;1-2-3/h7-8,11H,5-6H2,1-3H3,(H,12,13);2-3,7H,1,4-6H2;3H,1H2,2H3;2H,1H2. The van der Waals surface area contributed by atoms with Gasteiger partial charge >= 0.3 is 0 Å². The van der Waals surface area contributed by atoms with E-state index in [1.54, 1.807) is 19.1 Å². The Kier molecular flexibility index (Phi) is 25.5. The zero-order valence-electron chi connectivity index (χ0n) is 18.7. The third-order valence-corrected chi connectivity index (χ3v) is 3.57. The number of nitrogens with one attached hydrogen (secondary N) is 2.